The Bertz CT molecular complexity index is 170. The monoisotopic (exact) mass is 202 g/mol. The molecule has 0 unspecified atom stereocenters. The van der Waals surface area contributed by atoms with E-state index in [1.807, 2.05) is 27.7 Å². The van der Waals surface area contributed by atoms with Crippen molar-refractivity contribution in [1.82, 2.24) is 10.6 Å². The first kappa shape index (κ1) is 13.4. The number of aliphatic hydroxyl groups excluding tert-OH is 1. The lowest BCUT2D eigenvalue weighted by atomic mass is 10.1. The van der Waals surface area contributed by atoms with Gasteiger partial charge >= 0.3 is 0 Å². The normalized spacial score (nSPS) is 13.4. The Morgan fingerprint density at radius 3 is 2.21 bits per heavy atom. The molecule has 1 atom stereocenters. The minimum absolute atomic E-state index is 0.00884. The second-order valence-electron chi connectivity index (χ2n) is 4.14. The molecule has 0 aliphatic heterocycles. The van der Waals surface area contributed by atoms with Gasteiger partial charge in [-0.15, -0.1) is 0 Å². The number of nitrogens with one attached hydrogen (secondary N) is 2. The van der Waals surface area contributed by atoms with Crippen molar-refractivity contribution in [2.45, 2.75) is 39.8 Å². The maximum absolute atomic E-state index is 11.3. The standard InChI is InChI=1S/C10H22N2O2/c1-7(2)9(6-13)12-10(14)5-11-8(3)4/h7-9,11,13H,5-6H2,1-4H3,(H,12,14)/t9-/m1/s1. The van der Waals surface area contributed by atoms with Crippen molar-refractivity contribution in [3.8, 4) is 0 Å². The predicted molar refractivity (Wildman–Crippen MR) is 57.0 cm³/mol. The largest absolute Gasteiger partial charge is 0.394 e. The molecule has 3 N–H and O–H groups in total. The van der Waals surface area contributed by atoms with E-state index in [9.17, 15) is 4.79 Å². The smallest absolute Gasteiger partial charge is 0.234 e. The van der Waals surface area contributed by atoms with E-state index in [0.717, 1.165) is 0 Å². The summed E-state index contributed by atoms with van der Waals surface area (Å²) < 4.78 is 0. The summed E-state index contributed by atoms with van der Waals surface area (Å²) in [5, 5.41) is 14.8. The molecule has 0 rings (SSSR count). The third kappa shape index (κ3) is 5.94. The number of hydrogen-bond donors (Lipinski definition) is 3. The molecule has 0 aliphatic carbocycles. The summed E-state index contributed by atoms with van der Waals surface area (Å²) >= 11 is 0. The molecule has 4 nitrogen and oxygen atoms in total. The highest BCUT2D eigenvalue weighted by atomic mass is 16.3. The van der Waals surface area contributed by atoms with Crippen LogP contribution in [0.5, 0.6) is 0 Å². The number of aliphatic hydroxyl groups is 1. The fourth-order valence-electron chi connectivity index (χ4n) is 0.978. The average molecular weight is 202 g/mol. The van der Waals surface area contributed by atoms with E-state index in [1.54, 1.807) is 0 Å². The molecular weight excluding hydrogens is 180 g/mol. The van der Waals surface area contributed by atoms with E-state index in [-0.39, 0.29) is 24.5 Å². The van der Waals surface area contributed by atoms with Crippen LogP contribution in [0, 0.1) is 5.92 Å². The van der Waals surface area contributed by atoms with E-state index in [1.165, 1.54) is 0 Å². The first-order chi connectivity index (χ1) is 6.47. The summed E-state index contributed by atoms with van der Waals surface area (Å²) in [7, 11) is 0. The van der Waals surface area contributed by atoms with Gasteiger partial charge in [0.25, 0.3) is 0 Å². The molecule has 4 heteroatoms. The van der Waals surface area contributed by atoms with Crippen LogP contribution in [0.15, 0.2) is 0 Å². The minimum atomic E-state index is -0.142. The van der Waals surface area contributed by atoms with Crippen LogP contribution in [0.4, 0.5) is 0 Å². The molecule has 0 fully saturated rings. The van der Waals surface area contributed by atoms with Gasteiger partial charge in [0.05, 0.1) is 19.2 Å². The SMILES string of the molecule is CC(C)NCC(=O)N[C@H](CO)C(C)C. The Hall–Kier alpha value is -0.610. The van der Waals surface area contributed by atoms with E-state index in [4.69, 9.17) is 5.11 Å². The van der Waals surface area contributed by atoms with Gasteiger partial charge in [0, 0.05) is 6.04 Å². The lowest BCUT2D eigenvalue weighted by Gasteiger charge is -2.20. The van der Waals surface area contributed by atoms with Crippen molar-refractivity contribution in [2.75, 3.05) is 13.2 Å². The quantitative estimate of drug-likeness (QED) is 0.573. The van der Waals surface area contributed by atoms with Crippen LogP contribution < -0.4 is 10.6 Å². The summed E-state index contributed by atoms with van der Waals surface area (Å²) in [5.41, 5.74) is 0. The molecule has 0 spiro atoms. The van der Waals surface area contributed by atoms with E-state index in [2.05, 4.69) is 10.6 Å². The first-order valence-corrected chi connectivity index (χ1v) is 5.11. The molecule has 0 saturated heterocycles. The van der Waals surface area contributed by atoms with Gasteiger partial charge in [-0.3, -0.25) is 4.79 Å². The third-order valence-electron chi connectivity index (χ3n) is 2.02. The van der Waals surface area contributed by atoms with Gasteiger partial charge in [-0.05, 0) is 5.92 Å². The highest BCUT2D eigenvalue weighted by molar-refractivity contribution is 5.78. The van der Waals surface area contributed by atoms with Crippen molar-refractivity contribution >= 4 is 5.91 Å². The van der Waals surface area contributed by atoms with Crippen molar-refractivity contribution in [3.63, 3.8) is 0 Å². The molecule has 0 heterocycles. The summed E-state index contributed by atoms with van der Waals surface area (Å²) in [6.07, 6.45) is 0. The highest BCUT2D eigenvalue weighted by Crippen LogP contribution is 1.99. The lowest BCUT2D eigenvalue weighted by molar-refractivity contribution is -0.121. The van der Waals surface area contributed by atoms with Gasteiger partial charge in [0.15, 0.2) is 0 Å². The molecule has 0 aromatic rings. The second-order valence-corrected chi connectivity index (χ2v) is 4.14. The zero-order valence-corrected chi connectivity index (χ0v) is 9.50. The minimum Gasteiger partial charge on any atom is -0.394 e. The fourth-order valence-corrected chi connectivity index (χ4v) is 0.978. The molecule has 84 valence electrons. The summed E-state index contributed by atoms with van der Waals surface area (Å²) in [4.78, 5) is 11.3. The average Bonchev–Trinajstić information content (AvgIpc) is 2.10. The number of carbonyl (C=O) groups is 1. The molecule has 0 saturated carbocycles. The van der Waals surface area contributed by atoms with Crippen LogP contribution in [0.3, 0.4) is 0 Å². The van der Waals surface area contributed by atoms with Crippen LogP contribution in [0.2, 0.25) is 0 Å². The maximum Gasteiger partial charge on any atom is 0.234 e. The van der Waals surface area contributed by atoms with E-state index in [0.29, 0.717) is 12.6 Å². The number of amides is 1. The van der Waals surface area contributed by atoms with Crippen molar-refractivity contribution in [1.29, 1.82) is 0 Å². The summed E-state index contributed by atoms with van der Waals surface area (Å²) in [5.74, 6) is 0.189. The van der Waals surface area contributed by atoms with Crippen LogP contribution in [0.25, 0.3) is 0 Å². The predicted octanol–water partition coefficient (Wildman–Crippen LogP) is 0.118. The third-order valence-corrected chi connectivity index (χ3v) is 2.02. The number of hydrogen-bond acceptors (Lipinski definition) is 3. The fraction of sp³-hybridized carbons (Fsp3) is 0.900. The van der Waals surface area contributed by atoms with Gasteiger partial charge < -0.3 is 15.7 Å². The maximum atomic E-state index is 11.3. The van der Waals surface area contributed by atoms with Gasteiger partial charge in [-0.1, -0.05) is 27.7 Å². The van der Waals surface area contributed by atoms with Crippen molar-refractivity contribution in [2.24, 2.45) is 5.92 Å². The summed E-state index contributed by atoms with van der Waals surface area (Å²) in [6, 6.07) is 0.156. The Morgan fingerprint density at radius 1 is 1.29 bits per heavy atom. The molecule has 0 aromatic carbocycles. The lowest BCUT2D eigenvalue weighted by Crippen LogP contribution is -2.45. The van der Waals surface area contributed by atoms with Crippen LogP contribution in [-0.4, -0.2) is 36.2 Å². The van der Waals surface area contributed by atoms with Gasteiger partial charge in [0.2, 0.25) is 5.91 Å². The number of carbonyl (C=O) groups excluding carboxylic acids is 1. The van der Waals surface area contributed by atoms with Crippen LogP contribution >= 0.6 is 0 Å². The van der Waals surface area contributed by atoms with Crippen molar-refractivity contribution in [3.05, 3.63) is 0 Å². The Morgan fingerprint density at radius 2 is 1.86 bits per heavy atom. The Balaban J connectivity index is 3.79. The van der Waals surface area contributed by atoms with Gasteiger partial charge in [-0.25, -0.2) is 0 Å². The number of rotatable bonds is 6. The second kappa shape index (κ2) is 6.79. The van der Waals surface area contributed by atoms with E-state index >= 15 is 0 Å². The van der Waals surface area contributed by atoms with Crippen molar-refractivity contribution < 1.29 is 9.90 Å². The Labute approximate surface area is 86.1 Å². The van der Waals surface area contributed by atoms with Gasteiger partial charge in [-0.2, -0.15) is 0 Å². The highest BCUT2D eigenvalue weighted by Gasteiger charge is 2.14. The molecule has 0 radical (unpaired) electrons. The zero-order chi connectivity index (χ0) is 11.1. The molecular formula is C10H22N2O2. The molecule has 0 aliphatic rings. The van der Waals surface area contributed by atoms with Gasteiger partial charge in [0.1, 0.15) is 0 Å². The molecule has 14 heavy (non-hydrogen) atoms. The molecule has 1 amide bonds. The Kier molecular flexibility index (Phi) is 6.49. The summed E-state index contributed by atoms with van der Waals surface area (Å²) in [6.45, 7) is 8.21. The zero-order valence-electron chi connectivity index (χ0n) is 9.50. The van der Waals surface area contributed by atoms with E-state index < -0.39 is 0 Å². The van der Waals surface area contributed by atoms with Crippen LogP contribution in [-0.2, 0) is 4.79 Å². The topological polar surface area (TPSA) is 61.4 Å². The first-order valence-electron chi connectivity index (χ1n) is 5.11. The molecule has 0 bridgehead atoms. The van der Waals surface area contributed by atoms with Crippen LogP contribution in [0.1, 0.15) is 27.7 Å². The molecule has 0 aromatic heterocycles.